The molecule has 0 heterocycles. The van der Waals surface area contributed by atoms with Gasteiger partial charge in [0.1, 0.15) is 0 Å². The molecule has 92 valence electrons. The van der Waals surface area contributed by atoms with Gasteiger partial charge >= 0.3 is 11.9 Å². The zero-order chi connectivity index (χ0) is 12.5. The van der Waals surface area contributed by atoms with Gasteiger partial charge in [-0.1, -0.05) is 6.92 Å². The van der Waals surface area contributed by atoms with Crippen molar-refractivity contribution < 1.29 is 19.4 Å². The second kappa shape index (κ2) is 4.44. The molecule has 16 heavy (non-hydrogen) atoms. The average molecular weight is 228 g/mol. The number of aliphatic carboxylic acids is 1. The first-order chi connectivity index (χ1) is 7.29. The lowest BCUT2D eigenvalue weighted by Gasteiger charge is -2.29. The van der Waals surface area contributed by atoms with E-state index in [0.29, 0.717) is 12.8 Å². The molecule has 0 aliphatic heterocycles. The molecule has 1 rings (SSSR count). The van der Waals surface area contributed by atoms with Crippen molar-refractivity contribution in [2.75, 3.05) is 0 Å². The number of carboxylic acid groups (broad SMARTS) is 1. The summed E-state index contributed by atoms with van der Waals surface area (Å²) < 4.78 is 5.20. The minimum absolute atomic E-state index is 0.152. The van der Waals surface area contributed by atoms with Crippen molar-refractivity contribution in [3.8, 4) is 0 Å². The van der Waals surface area contributed by atoms with E-state index in [9.17, 15) is 9.59 Å². The van der Waals surface area contributed by atoms with E-state index in [1.54, 1.807) is 13.8 Å². The van der Waals surface area contributed by atoms with E-state index in [2.05, 4.69) is 0 Å². The van der Waals surface area contributed by atoms with Gasteiger partial charge in [0.25, 0.3) is 0 Å². The van der Waals surface area contributed by atoms with Crippen molar-refractivity contribution in [3.63, 3.8) is 0 Å². The highest BCUT2D eigenvalue weighted by Crippen LogP contribution is 2.47. The number of hydrogen-bond donors (Lipinski definition) is 1. The van der Waals surface area contributed by atoms with Gasteiger partial charge in [0.05, 0.1) is 17.4 Å². The molecule has 4 nitrogen and oxygen atoms in total. The van der Waals surface area contributed by atoms with E-state index in [1.165, 1.54) is 0 Å². The summed E-state index contributed by atoms with van der Waals surface area (Å²) in [4.78, 5) is 22.9. The van der Waals surface area contributed by atoms with Crippen LogP contribution in [0.25, 0.3) is 0 Å². The minimum Gasteiger partial charge on any atom is -0.481 e. The van der Waals surface area contributed by atoms with Gasteiger partial charge in [-0.25, -0.2) is 0 Å². The minimum atomic E-state index is -0.812. The molecule has 0 spiro atoms. The second-order valence-corrected chi connectivity index (χ2v) is 5.14. The van der Waals surface area contributed by atoms with Gasteiger partial charge in [0, 0.05) is 0 Å². The monoisotopic (exact) mass is 228 g/mol. The Morgan fingerprint density at radius 1 is 1.44 bits per heavy atom. The van der Waals surface area contributed by atoms with Crippen LogP contribution >= 0.6 is 0 Å². The zero-order valence-electron chi connectivity index (χ0n) is 10.3. The van der Waals surface area contributed by atoms with Crippen LogP contribution in [0.1, 0.15) is 40.5 Å². The molecule has 1 aliphatic carbocycles. The van der Waals surface area contributed by atoms with Crippen molar-refractivity contribution in [2.24, 2.45) is 17.3 Å². The average Bonchev–Trinajstić information content (AvgIpc) is 2.44. The number of carbonyl (C=O) groups is 2. The summed E-state index contributed by atoms with van der Waals surface area (Å²) in [7, 11) is 0. The normalized spacial score (nSPS) is 34.1. The third-order valence-corrected chi connectivity index (χ3v) is 3.71. The van der Waals surface area contributed by atoms with E-state index in [1.807, 2.05) is 13.8 Å². The molecule has 0 aromatic heterocycles. The molecule has 4 heteroatoms. The summed E-state index contributed by atoms with van der Waals surface area (Å²) in [6, 6.07) is 0. The number of rotatable bonds is 3. The molecule has 1 N–H and O–H groups in total. The Morgan fingerprint density at radius 2 is 2.00 bits per heavy atom. The molecule has 1 fully saturated rings. The highest BCUT2D eigenvalue weighted by molar-refractivity contribution is 5.80. The van der Waals surface area contributed by atoms with E-state index in [4.69, 9.17) is 9.84 Å². The number of carboxylic acids is 1. The Balaban J connectivity index is 2.79. The predicted octanol–water partition coefficient (Wildman–Crippen LogP) is 2.08. The van der Waals surface area contributed by atoms with Crippen LogP contribution in [-0.2, 0) is 14.3 Å². The molecule has 1 aliphatic rings. The van der Waals surface area contributed by atoms with Crippen LogP contribution in [0.3, 0.4) is 0 Å². The smallest absolute Gasteiger partial charge is 0.312 e. The Bertz CT molecular complexity index is 297. The highest BCUT2D eigenvalue weighted by atomic mass is 16.5. The lowest BCUT2D eigenvalue weighted by Crippen LogP contribution is -2.36. The maximum absolute atomic E-state index is 11.9. The number of hydrogen-bond acceptors (Lipinski definition) is 3. The summed E-state index contributed by atoms with van der Waals surface area (Å²) in [5.41, 5.74) is -0.646. The Hall–Kier alpha value is -1.06. The predicted molar refractivity (Wildman–Crippen MR) is 58.9 cm³/mol. The number of carbonyl (C=O) groups excluding carboxylic acids is 1. The second-order valence-electron chi connectivity index (χ2n) is 5.14. The van der Waals surface area contributed by atoms with Gasteiger partial charge in [-0.15, -0.1) is 0 Å². The fourth-order valence-electron chi connectivity index (χ4n) is 2.35. The Morgan fingerprint density at radius 3 is 2.38 bits per heavy atom. The highest BCUT2D eigenvalue weighted by Gasteiger charge is 2.51. The van der Waals surface area contributed by atoms with Gasteiger partial charge < -0.3 is 9.84 Å². The third kappa shape index (κ3) is 2.20. The topological polar surface area (TPSA) is 63.6 Å². The molecular weight excluding hydrogens is 208 g/mol. The van der Waals surface area contributed by atoms with Crippen LogP contribution in [0.2, 0.25) is 0 Å². The van der Waals surface area contributed by atoms with Crippen LogP contribution in [-0.4, -0.2) is 23.1 Å². The lowest BCUT2D eigenvalue weighted by atomic mass is 9.78. The van der Waals surface area contributed by atoms with Crippen LogP contribution in [0, 0.1) is 17.3 Å². The van der Waals surface area contributed by atoms with Crippen LogP contribution in [0.15, 0.2) is 0 Å². The van der Waals surface area contributed by atoms with Gasteiger partial charge in [0.15, 0.2) is 0 Å². The lowest BCUT2D eigenvalue weighted by molar-refractivity contribution is -0.162. The van der Waals surface area contributed by atoms with E-state index in [0.717, 1.165) is 0 Å². The summed E-state index contributed by atoms with van der Waals surface area (Å²) in [6.45, 7) is 7.24. The van der Waals surface area contributed by atoms with Crippen molar-refractivity contribution in [3.05, 3.63) is 0 Å². The standard InChI is InChI=1S/C12H20O4/c1-7(2)16-11(15)12(4)6-5-9(8(12)3)10(13)14/h7-9H,5-6H2,1-4H3,(H,13,14). The summed E-state index contributed by atoms with van der Waals surface area (Å²) in [5.74, 6) is -1.67. The summed E-state index contributed by atoms with van der Waals surface area (Å²) in [6.07, 6.45) is 0.997. The molecule has 0 amide bonds. The molecule has 3 unspecified atom stereocenters. The fraction of sp³-hybridized carbons (Fsp3) is 0.833. The maximum atomic E-state index is 11.9. The van der Waals surface area contributed by atoms with E-state index >= 15 is 0 Å². The first kappa shape index (κ1) is 13.0. The molecule has 0 radical (unpaired) electrons. The van der Waals surface area contributed by atoms with Crippen LogP contribution in [0.4, 0.5) is 0 Å². The molecular formula is C12H20O4. The Kier molecular flexibility index (Phi) is 3.61. The quantitative estimate of drug-likeness (QED) is 0.751. The van der Waals surface area contributed by atoms with Crippen molar-refractivity contribution in [1.82, 2.24) is 0 Å². The molecule has 0 aromatic rings. The first-order valence-electron chi connectivity index (χ1n) is 5.73. The summed E-state index contributed by atoms with van der Waals surface area (Å²) >= 11 is 0. The van der Waals surface area contributed by atoms with E-state index < -0.39 is 17.3 Å². The number of ether oxygens (including phenoxy) is 1. The fourth-order valence-corrected chi connectivity index (χ4v) is 2.35. The van der Waals surface area contributed by atoms with Crippen LogP contribution in [0.5, 0.6) is 0 Å². The van der Waals surface area contributed by atoms with Gasteiger partial charge in [-0.3, -0.25) is 9.59 Å². The van der Waals surface area contributed by atoms with Gasteiger partial charge in [-0.05, 0) is 39.5 Å². The largest absolute Gasteiger partial charge is 0.481 e. The number of esters is 1. The molecule has 0 saturated heterocycles. The SMILES string of the molecule is CC(C)OC(=O)C1(C)CCC(C(=O)O)C1C. The van der Waals surface area contributed by atoms with Crippen molar-refractivity contribution in [1.29, 1.82) is 0 Å². The van der Waals surface area contributed by atoms with Gasteiger partial charge in [-0.2, -0.15) is 0 Å². The first-order valence-corrected chi connectivity index (χ1v) is 5.73. The van der Waals surface area contributed by atoms with E-state index in [-0.39, 0.29) is 18.0 Å². The molecule has 1 saturated carbocycles. The molecule has 3 atom stereocenters. The van der Waals surface area contributed by atoms with Crippen molar-refractivity contribution >= 4 is 11.9 Å². The Labute approximate surface area is 96.0 Å². The molecule has 0 bridgehead atoms. The van der Waals surface area contributed by atoms with Crippen molar-refractivity contribution in [2.45, 2.75) is 46.6 Å². The third-order valence-electron chi connectivity index (χ3n) is 3.71. The zero-order valence-corrected chi connectivity index (χ0v) is 10.3. The van der Waals surface area contributed by atoms with Gasteiger partial charge in [0.2, 0.25) is 0 Å². The summed E-state index contributed by atoms with van der Waals surface area (Å²) in [5, 5.41) is 9.03. The maximum Gasteiger partial charge on any atom is 0.312 e. The molecule has 0 aromatic carbocycles. The van der Waals surface area contributed by atoms with Crippen LogP contribution < -0.4 is 0 Å².